The monoisotopic (exact) mass is 416 g/mol. The Bertz CT molecular complexity index is 1110. The molecule has 148 valence electrons. The largest absolute Gasteiger partial charge is 0.453 e. The van der Waals surface area contributed by atoms with Gasteiger partial charge in [0, 0.05) is 11.1 Å². The number of Topliss-reactive ketones (excluding diaryl/α,β-unsaturated/α-hetero) is 1. The van der Waals surface area contributed by atoms with E-state index in [9.17, 15) is 23.2 Å². The Labute approximate surface area is 168 Å². The fourth-order valence-corrected chi connectivity index (χ4v) is 4.44. The zero-order valence-electron chi connectivity index (χ0n) is 15.2. The van der Waals surface area contributed by atoms with Crippen LogP contribution >= 0.6 is 11.8 Å². The first-order valence-electron chi connectivity index (χ1n) is 9.06. The summed E-state index contributed by atoms with van der Waals surface area (Å²) in [5, 5.41) is 10.2. The number of aromatic nitrogens is 1. The van der Waals surface area contributed by atoms with E-state index in [2.05, 4.69) is 4.98 Å². The number of aryl methyl sites for hydroxylation is 1. The number of halogens is 3. The van der Waals surface area contributed by atoms with Gasteiger partial charge in [-0.15, -0.1) is 0 Å². The Morgan fingerprint density at radius 1 is 1.24 bits per heavy atom. The Balaban J connectivity index is 1.66. The number of nitriles is 1. The number of rotatable bonds is 4. The summed E-state index contributed by atoms with van der Waals surface area (Å²) in [6.45, 7) is 0. The lowest BCUT2D eigenvalue weighted by atomic mass is 9.90. The Morgan fingerprint density at radius 2 is 2.00 bits per heavy atom. The second-order valence-corrected chi connectivity index (χ2v) is 7.73. The number of para-hydroxylation sites is 1. The summed E-state index contributed by atoms with van der Waals surface area (Å²) < 4.78 is 46.7. The Hall–Kier alpha value is -2.79. The third kappa shape index (κ3) is 3.75. The van der Waals surface area contributed by atoms with Crippen molar-refractivity contribution in [3.63, 3.8) is 0 Å². The number of alkyl halides is 3. The summed E-state index contributed by atoms with van der Waals surface area (Å²) in [5.74, 6) is -0.410. The van der Waals surface area contributed by atoms with E-state index in [1.54, 1.807) is 30.3 Å². The summed E-state index contributed by atoms with van der Waals surface area (Å²) in [7, 11) is 0. The fourth-order valence-electron chi connectivity index (χ4n) is 3.56. The molecule has 4 nitrogen and oxygen atoms in total. The van der Waals surface area contributed by atoms with Gasteiger partial charge in [0.1, 0.15) is 16.7 Å². The number of carbonyl (C=O) groups is 1. The summed E-state index contributed by atoms with van der Waals surface area (Å²) in [4.78, 5) is 16.8. The third-order valence-electron chi connectivity index (χ3n) is 4.88. The normalized spacial score (nSPS) is 13.9. The summed E-state index contributed by atoms with van der Waals surface area (Å²) in [6, 6.07) is 10.4. The third-order valence-corrected chi connectivity index (χ3v) is 5.85. The highest BCUT2D eigenvalue weighted by Gasteiger charge is 2.40. The van der Waals surface area contributed by atoms with Crippen molar-refractivity contribution in [3.05, 3.63) is 58.5 Å². The van der Waals surface area contributed by atoms with Gasteiger partial charge in [-0.1, -0.05) is 30.0 Å². The van der Waals surface area contributed by atoms with Crippen LogP contribution in [0.15, 0.2) is 39.8 Å². The number of fused-ring (bicyclic) bond motifs is 2. The highest BCUT2D eigenvalue weighted by Crippen LogP contribution is 2.41. The SMILES string of the molecule is N#Cc1c(SCC(=O)c2cc3ccccc3o2)nc2c(c1C(F)(F)F)CCCC2. The van der Waals surface area contributed by atoms with Crippen molar-refractivity contribution in [1.29, 1.82) is 5.26 Å². The number of carbonyl (C=O) groups excluding carboxylic acids is 1. The minimum absolute atomic E-state index is 0.0510. The first kappa shape index (κ1) is 19.5. The van der Waals surface area contributed by atoms with Crippen LogP contribution < -0.4 is 0 Å². The van der Waals surface area contributed by atoms with Crippen LogP contribution in [0, 0.1) is 11.3 Å². The molecule has 1 aliphatic rings. The second kappa shape index (κ2) is 7.56. The van der Waals surface area contributed by atoms with Crippen molar-refractivity contribution in [2.45, 2.75) is 36.9 Å². The van der Waals surface area contributed by atoms with Crippen LogP contribution in [0.25, 0.3) is 11.0 Å². The number of hydrogen-bond donors (Lipinski definition) is 0. The minimum atomic E-state index is -4.65. The lowest BCUT2D eigenvalue weighted by molar-refractivity contribution is -0.138. The smallest absolute Gasteiger partial charge is 0.418 e. The summed E-state index contributed by atoms with van der Waals surface area (Å²) in [6.07, 6.45) is -2.55. The lowest BCUT2D eigenvalue weighted by Gasteiger charge is -2.22. The van der Waals surface area contributed by atoms with Crippen molar-refractivity contribution in [1.82, 2.24) is 4.98 Å². The molecule has 0 atom stereocenters. The molecule has 0 aliphatic heterocycles. The fraction of sp³-hybridized carbons (Fsp3) is 0.286. The molecule has 0 spiro atoms. The molecule has 1 aliphatic carbocycles. The van der Waals surface area contributed by atoms with Gasteiger partial charge in [-0.25, -0.2) is 4.98 Å². The minimum Gasteiger partial charge on any atom is -0.453 e. The molecule has 2 aromatic heterocycles. The molecule has 0 radical (unpaired) electrons. The van der Waals surface area contributed by atoms with Crippen molar-refractivity contribution >= 4 is 28.5 Å². The predicted octanol–water partition coefficient (Wildman–Crippen LogP) is 5.57. The molecule has 29 heavy (non-hydrogen) atoms. The van der Waals surface area contributed by atoms with E-state index in [1.165, 1.54) is 0 Å². The molecule has 0 fully saturated rings. The van der Waals surface area contributed by atoms with Crippen LogP contribution in [0.5, 0.6) is 0 Å². The molecular weight excluding hydrogens is 401 g/mol. The number of furan rings is 1. The molecule has 0 amide bonds. The molecule has 0 saturated heterocycles. The van der Waals surface area contributed by atoms with Crippen LogP contribution in [0.3, 0.4) is 0 Å². The highest BCUT2D eigenvalue weighted by atomic mass is 32.2. The van der Waals surface area contributed by atoms with E-state index in [1.807, 2.05) is 6.07 Å². The van der Waals surface area contributed by atoms with Gasteiger partial charge in [0.25, 0.3) is 0 Å². The molecule has 0 saturated carbocycles. The van der Waals surface area contributed by atoms with Crippen molar-refractivity contribution < 1.29 is 22.4 Å². The van der Waals surface area contributed by atoms with Crippen LogP contribution in [0.2, 0.25) is 0 Å². The molecule has 2 heterocycles. The van der Waals surface area contributed by atoms with E-state index in [0.29, 0.717) is 24.1 Å². The zero-order valence-corrected chi connectivity index (χ0v) is 16.0. The van der Waals surface area contributed by atoms with Gasteiger partial charge < -0.3 is 4.42 Å². The predicted molar refractivity (Wildman–Crippen MR) is 102 cm³/mol. The number of benzene rings is 1. The summed E-state index contributed by atoms with van der Waals surface area (Å²) in [5.41, 5.74) is -0.344. The van der Waals surface area contributed by atoms with Gasteiger partial charge in [0.2, 0.25) is 5.78 Å². The van der Waals surface area contributed by atoms with Gasteiger partial charge in [0.05, 0.1) is 16.9 Å². The molecule has 8 heteroatoms. The van der Waals surface area contributed by atoms with Crippen LogP contribution in [0.1, 0.15) is 45.8 Å². The van der Waals surface area contributed by atoms with Crippen molar-refractivity contribution in [3.8, 4) is 6.07 Å². The Morgan fingerprint density at radius 3 is 2.72 bits per heavy atom. The molecule has 0 unspecified atom stereocenters. The van der Waals surface area contributed by atoms with Gasteiger partial charge in [-0.05, 0) is 43.4 Å². The number of pyridine rings is 1. The van der Waals surface area contributed by atoms with Gasteiger partial charge >= 0.3 is 6.18 Å². The average molecular weight is 416 g/mol. The number of ketones is 1. The van der Waals surface area contributed by atoms with Crippen LogP contribution in [-0.2, 0) is 19.0 Å². The maximum absolute atomic E-state index is 13.7. The second-order valence-electron chi connectivity index (χ2n) is 6.77. The molecule has 1 aromatic carbocycles. The molecule has 0 N–H and O–H groups in total. The van der Waals surface area contributed by atoms with E-state index in [-0.39, 0.29) is 34.3 Å². The van der Waals surface area contributed by atoms with Gasteiger partial charge in [0.15, 0.2) is 5.76 Å². The van der Waals surface area contributed by atoms with Crippen molar-refractivity contribution in [2.75, 3.05) is 5.75 Å². The van der Waals surface area contributed by atoms with E-state index in [0.717, 1.165) is 23.6 Å². The number of hydrogen-bond acceptors (Lipinski definition) is 5. The van der Waals surface area contributed by atoms with Crippen molar-refractivity contribution in [2.24, 2.45) is 0 Å². The molecule has 0 bridgehead atoms. The van der Waals surface area contributed by atoms with E-state index < -0.39 is 17.3 Å². The maximum Gasteiger partial charge on any atom is 0.418 e. The van der Waals surface area contributed by atoms with Crippen LogP contribution in [-0.4, -0.2) is 16.5 Å². The number of thioether (sulfide) groups is 1. The van der Waals surface area contributed by atoms with Gasteiger partial charge in [-0.2, -0.15) is 18.4 Å². The van der Waals surface area contributed by atoms with E-state index >= 15 is 0 Å². The Kier molecular flexibility index (Phi) is 5.09. The first-order valence-corrected chi connectivity index (χ1v) is 10.0. The molecule has 4 rings (SSSR count). The van der Waals surface area contributed by atoms with Crippen LogP contribution in [0.4, 0.5) is 13.2 Å². The average Bonchev–Trinajstić information content (AvgIpc) is 3.14. The zero-order chi connectivity index (χ0) is 20.6. The van der Waals surface area contributed by atoms with Gasteiger partial charge in [-0.3, -0.25) is 4.79 Å². The lowest BCUT2D eigenvalue weighted by Crippen LogP contribution is -2.19. The topological polar surface area (TPSA) is 66.9 Å². The first-order chi connectivity index (χ1) is 13.9. The maximum atomic E-state index is 13.7. The highest BCUT2D eigenvalue weighted by molar-refractivity contribution is 8.00. The van der Waals surface area contributed by atoms with E-state index in [4.69, 9.17) is 4.42 Å². The molecule has 3 aromatic rings. The summed E-state index contributed by atoms with van der Waals surface area (Å²) >= 11 is 0.844. The standard InChI is InChI=1S/C21H15F3N2O2S/c22-21(23,24)19-13-6-2-3-7-15(13)26-20(14(19)10-25)29-11-16(27)18-9-12-5-1-4-8-17(12)28-18/h1,4-5,8-9H,2-3,6-7,11H2. The quantitative estimate of drug-likeness (QED) is 0.411. The molecular formula is C21H15F3N2O2S. The number of nitrogens with zero attached hydrogens (tertiary/aromatic N) is 2.